The second-order valence-electron chi connectivity index (χ2n) is 5.58. The molecular weight excluding hydrogens is 300 g/mol. The van der Waals surface area contributed by atoms with Crippen molar-refractivity contribution in [3.05, 3.63) is 65.5 Å². The minimum atomic E-state index is 0.583. The maximum absolute atomic E-state index is 8.89. The van der Waals surface area contributed by atoms with E-state index < -0.39 is 0 Å². The zero-order valence-corrected chi connectivity index (χ0v) is 12.9. The highest BCUT2D eigenvalue weighted by Crippen LogP contribution is 2.32. The zero-order chi connectivity index (χ0) is 16.4. The van der Waals surface area contributed by atoms with Gasteiger partial charge in [0, 0.05) is 11.8 Å². The lowest BCUT2D eigenvalue weighted by atomic mass is 10.2. The molecule has 0 amide bonds. The van der Waals surface area contributed by atoms with Crippen LogP contribution in [-0.4, -0.2) is 15.0 Å². The van der Waals surface area contributed by atoms with Crippen molar-refractivity contribution in [3.8, 4) is 29.2 Å². The van der Waals surface area contributed by atoms with Crippen LogP contribution in [-0.2, 0) is 12.8 Å². The Labute approximate surface area is 139 Å². The first-order valence-electron chi connectivity index (χ1n) is 7.83. The predicted octanol–water partition coefficient (Wildman–Crippen LogP) is 3.69. The molecule has 5 nitrogen and oxygen atoms in total. The molecule has 4 rings (SSSR count). The van der Waals surface area contributed by atoms with E-state index in [4.69, 9.17) is 10.00 Å². The Balaban J connectivity index is 1.74. The van der Waals surface area contributed by atoms with Gasteiger partial charge in [-0.15, -0.1) is 0 Å². The highest BCUT2D eigenvalue weighted by molar-refractivity contribution is 5.52. The molecule has 0 fully saturated rings. The summed E-state index contributed by atoms with van der Waals surface area (Å²) < 4.78 is 5.99. The van der Waals surface area contributed by atoms with Crippen molar-refractivity contribution in [1.82, 2.24) is 15.0 Å². The monoisotopic (exact) mass is 314 g/mol. The number of rotatable bonds is 3. The first kappa shape index (κ1) is 14.3. The molecule has 0 saturated heterocycles. The summed E-state index contributed by atoms with van der Waals surface area (Å²) in [6, 6.07) is 14.8. The Morgan fingerprint density at radius 3 is 2.62 bits per heavy atom. The first-order valence-corrected chi connectivity index (χ1v) is 7.83. The van der Waals surface area contributed by atoms with E-state index in [2.05, 4.69) is 21.0 Å². The predicted molar refractivity (Wildman–Crippen MR) is 88.5 cm³/mol. The molecular formula is C19H14N4O. The number of nitrogens with zero attached hydrogens (tertiary/aromatic N) is 4. The number of aromatic nitrogens is 3. The first-order chi connectivity index (χ1) is 11.8. The van der Waals surface area contributed by atoms with Crippen molar-refractivity contribution in [3.63, 3.8) is 0 Å². The summed E-state index contributed by atoms with van der Waals surface area (Å²) in [4.78, 5) is 13.6. The number of ether oxygens (including phenoxy) is 1. The van der Waals surface area contributed by atoms with Gasteiger partial charge in [0.1, 0.15) is 11.4 Å². The van der Waals surface area contributed by atoms with Crippen LogP contribution < -0.4 is 4.74 Å². The van der Waals surface area contributed by atoms with Crippen LogP contribution >= 0.6 is 0 Å². The Bertz CT molecular complexity index is 915. The lowest BCUT2D eigenvalue weighted by Crippen LogP contribution is -2.01. The van der Waals surface area contributed by atoms with Gasteiger partial charge in [-0.25, -0.2) is 4.98 Å². The molecule has 2 heterocycles. The van der Waals surface area contributed by atoms with Crippen molar-refractivity contribution in [1.29, 1.82) is 5.26 Å². The molecule has 1 aliphatic carbocycles. The lowest BCUT2D eigenvalue weighted by molar-refractivity contribution is 0.456. The number of hydrogen-bond donors (Lipinski definition) is 0. The maximum Gasteiger partial charge on any atom is 0.226 e. The minimum absolute atomic E-state index is 0.583. The molecule has 1 aliphatic rings. The molecule has 24 heavy (non-hydrogen) atoms. The molecule has 116 valence electrons. The van der Waals surface area contributed by atoms with Crippen LogP contribution in [0.5, 0.6) is 11.6 Å². The summed E-state index contributed by atoms with van der Waals surface area (Å²) in [5, 5.41) is 8.89. The summed E-state index contributed by atoms with van der Waals surface area (Å²) in [5.74, 6) is 1.83. The number of hydrogen-bond acceptors (Lipinski definition) is 5. The number of fused-ring (bicyclic) bond motifs is 1. The van der Waals surface area contributed by atoms with E-state index in [1.54, 1.807) is 30.5 Å². The smallest absolute Gasteiger partial charge is 0.226 e. The second kappa shape index (κ2) is 6.09. The Hall–Kier alpha value is -3.26. The van der Waals surface area contributed by atoms with Gasteiger partial charge in [0.2, 0.25) is 5.88 Å². The highest BCUT2D eigenvalue weighted by Gasteiger charge is 2.21. The summed E-state index contributed by atoms with van der Waals surface area (Å²) in [5.41, 5.74) is 3.44. The van der Waals surface area contributed by atoms with Gasteiger partial charge in [0.25, 0.3) is 0 Å². The van der Waals surface area contributed by atoms with E-state index in [9.17, 15) is 0 Å². The van der Waals surface area contributed by atoms with E-state index in [1.807, 2.05) is 18.2 Å². The number of pyridine rings is 1. The third kappa shape index (κ3) is 2.70. The van der Waals surface area contributed by atoms with E-state index in [1.165, 1.54) is 0 Å². The summed E-state index contributed by atoms with van der Waals surface area (Å²) in [6.07, 6.45) is 4.64. The molecule has 0 spiro atoms. The summed E-state index contributed by atoms with van der Waals surface area (Å²) >= 11 is 0. The SMILES string of the molecule is N#Cc1ccc(Oc2nc(-c3ccccn3)nc3c2CCC3)cc1. The Morgan fingerprint density at radius 1 is 1.00 bits per heavy atom. The van der Waals surface area contributed by atoms with E-state index >= 15 is 0 Å². The van der Waals surface area contributed by atoms with Gasteiger partial charge < -0.3 is 4.74 Å². The molecule has 2 aromatic heterocycles. The van der Waals surface area contributed by atoms with Gasteiger partial charge in [-0.3, -0.25) is 4.98 Å². The molecule has 0 aliphatic heterocycles. The molecule has 5 heteroatoms. The minimum Gasteiger partial charge on any atom is -0.439 e. The largest absolute Gasteiger partial charge is 0.439 e. The second-order valence-corrected chi connectivity index (χ2v) is 5.58. The fraction of sp³-hybridized carbons (Fsp3) is 0.158. The van der Waals surface area contributed by atoms with Crippen LogP contribution in [0.2, 0.25) is 0 Å². The molecule has 0 unspecified atom stereocenters. The highest BCUT2D eigenvalue weighted by atomic mass is 16.5. The molecule has 0 radical (unpaired) electrons. The number of aryl methyl sites for hydroxylation is 1. The van der Waals surface area contributed by atoms with Crippen LogP contribution in [0, 0.1) is 11.3 Å². The fourth-order valence-electron chi connectivity index (χ4n) is 2.80. The van der Waals surface area contributed by atoms with Crippen LogP contribution in [0.3, 0.4) is 0 Å². The molecule has 0 saturated carbocycles. The normalized spacial score (nSPS) is 12.5. The van der Waals surface area contributed by atoms with E-state index in [0.717, 1.165) is 36.2 Å². The van der Waals surface area contributed by atoms with Gasteiger partial charge in [0.05, 0.1) is 17.3 Å². The van der Waals surface area contributed by atoms with Gasteiger partial charge in [-0.2, -0.15) is 10.2 Å². The molecule has 1 aromatic carbocycles. The van der Waals surface area contributed by atoms with Crippen molar-refractivity contribution < 1.29 is 4.74 Å². The van der Waals surface area contributed by atoms with Crippen LogP contribution in [0.4, 0.5) is 0 Å². The molecule has 0 bridgehead atoms. The third-order valence-electron chi connectivity index (χ3n) is 3.99. The van der Waals surface area contributed by atoms with E-state index in [-0.39, 0.29) is 0 Å². The Morgan fingerprint density at radius 2 is 1.88 bits per heavy atom. The van der Waals surface area contributed by atoms with Crippen molar-refractivity contribution >= 4 is 0 Å². The van der Waals surface area contributed by atoms with Crippen molar-refractivity contribution in [2.45, 2.75) is 19.3 Å². The third-order valence-corrected chi connectivity index (χ3v) is 3.99. The topological polar surface area (TPSA) is 71.7 Å². The average molecular weight is 314 g/mol. The van der Waals surface area contributed by atoms with Crippen LogP contribution in [0.25, 0.3) is 11.5 Å². The zero-order valence-electron chi connectivity index (χ0n) is 12.9. The van der Waals surface area contributed by atoms with Gasteiger partial charge in [0.15, 0.2) is 5.82 Å². The molecule has 3 aromatic rings. The van der Waals surface area contributed by atoms with Crippen molar-refractivity contribution in [2.24, 2.45) is 0 Å². The quantitative estimate of drug-likeness (QED) is 0.737. The van der Waals surface area contributed by atoms with Gasteiger partial charge >= 0.3 is 0 Å². The summed E-state index contributed by atoms with van der Waals surface area (Å²) in [7, 11) is 0. The standard InChI is InChI=1S/C19H14N4O/c20-12-13-7-9-14(10-8-13)24-19-15-4-3-6-16(15)22-18(23-19)17-5-1-2-11-21-17/h1-2,5,7-11H,3-4,6H2. The lowest BCUT2D eigenvalue weighted by Gasteiger charge is -2.11. The Kier molecular flexibility index (Phi) is 3.64. The van der Waals surface area contributed by atoms with Crippen LogP contribution in [0.15, 0.2) is 48.7 Å². The van der Waals surface area contributed by atoms with Gasteiger partial charge in [-0.05, 0) is 55.7 Å². The van der Waals surface area contributed by atoms with Gasteiger partial charge in [-0.1, -0.05) is 6.07 Å². The fourth-order valence-corrected chi connectivity index (χ4v) is 2.80. The number of benzene rings is 1. The number of nitriles is 1. The molecule has 0 N–H and O–H groups in total. The maximum atomic E-state index is 8.89. The van der Waals surface area contributed by atoms with E-state index in [0.29, 0.717) is 23.0 Å². The molecule has 0 atom stereocenters. The summed E-state index contributed by atoms with van der Waals surface area (Å²) in [6.45, 7) is 0. The van der Waals surface area contributed by atoms with Crippen LogP contribution in [0.1, 0.15) is 23.2 Å². The van der Waals surface area contributed by atoms with Crippen molar-refractivity contribution in [2.75, 3.05) is 0 Å². The average Bonchev–Trinajstić information content (AvgIpc) is 3.12.